The summed E-state index contributed by atoms with van der Waals surface area (Å²) in [6.07, 6.45) is 0.868. The Morgan fingerprint density at radius 1 is 1.24 bits per heavy atom. The zero-order chi connectivity index (χ0) is 14.8. The Bertz CT molecular complexity index is 670. The molecule has 0 saturated carbocycles. The van der Waals surface area contributed by atoms with Crippen molar-refractivity contribution >= 4 is 33.3 Å². The van der Waals surface area contributed by atoms with Gasteiger partial charge in [0.25, 0.3) is 0 Å². The number of carbonyl (C=O) groups excluding carboxylic acids is 1. The quantitative estimate of drug-likeness (QED) is 0.890. The zero-order valence-electron chi connectivity index (χ0n) is 11.6. The molecule has 0 atom stereocenters. The molecule has 0 fully saturated rings. The van der Waals surface area contributed by atoms with Gasteiger partial charge in [-0.15, -0.1) is 0 Å². The summed E-state index contributed by atoms with van der Waals surface area (Å²) in [4.78, 5) is 14.2. The van der Waals surface area contributed by atoms with E-state index in [0.717, 1.165) is 28.0 Å². The maximum Gasteiger partial charge on any atom is 0.326 e. The van der Waals surface area contributed by atoms with Crippen LogP contribution in [0, 0.1) is 0 Å². The van der Waals surface area contributed by atoms with Gasteiger partial charge in [-0.2, -0.15) is 0 Å². The molecule has 5 heteroatoms. The van der Waals surface area contributed by atoms with Gasteiger partial charge in [-0.25, -0.2) is 4.79 Å². The fourth-order valence-electron chi connectivity index (χ4n) is 2.42. The molecule has 108 valence electrons. The fraction of sp³-hybridized carbons (Fsp3) is 0.188. The molecule has 1 aliphatic heterocycles. The van der Waals surface area contributed by atoms with Gasteiger partial charge in [0, 0.05) is 22.8 Å². The highest BCUT2D eigenvalue weighted by Crippen LogP contribution is 2.32. The van der Waals surface area contributed by atoms with E-state index in [2.05, 4.69) is 21.2 Å². The zero-order valence-corrected chi connectivity index (χ0v) is 13.2. The topological polar surface area (TPSA) is 41.6 Å². The van der Waals surface area contributed by atoms with Crippen molar-refractivity contribution < 1.29 is 9.53 Å². The first-order valence-corrected chi connectivity index (χ1v) is 7.47. The van der Waals surface area contributed by atoms with E-state index in [1.807, 2.05) is 42.5 Å². The van der Waals surface area contributed by atoms with E-state index in [-0.39, 0.29) is 6.03 Å². The van der Waals surface area contributed by atoms with Crippen molar-refractivity contribution in [2.24, 2.45) is 0 Å². The van der Waals surface area contributed by atoms with Crippen molar-refractivity contribution in [3.63, 3.8) is 0 Å². The molecule has 2 amide bonds. The Kier molecular flexibility index (Phi) is 3.84. The number of fused-ring (bicyclic) bond motifs is 1. The first-order chi connectivity index (χ1) is 10.2. The third-order valence-corrected chi connectivity index (χ3v) is 4.06. The highest BCUT2D eigenvalue weighted by molar-refractivity contribution is 9.10. The highest BCUT2D eigenvalue weighted by atomic mass is 79.9. The summed E-state index contributed by atoms with van der Waals surface area (Å²) in [5, 5.41) is 2.91. The largest absolute Gasteiger partial charge is 0.497 e. The van der Waals surface area contributed by atoms with Crippen molar-refractivity contribution in [2.75, 3.05) is 23.9 Å². The molecule has 4 nitrogen and oxygen atoms in total. The minimum absolute atomic E-state index is 0.121. The molecule has 0 aliphatic carbocycles. The number of methoxy groups -OCH3 is 1. The summed E-state index contributed by atoms with van der Waals surface area (Å²) in [5.74, 6) is 0.761. The van der Waals surface area contributed by atoms with Gasteiger partial charge in [0.2, 0.25) is 0 Å². The summed E-state index contributed by atoms with van der Waals surface area (Å²) < 4.78 is 6.22. The smallest absolute Gasteiger partial charge is 0.326 e. The van der Waals surface area contributed by atoms with Crippen LogP contribution < -0.4 is 15.0 Å². The Labute approximate surface area is 131 Å². The molecule has 1 heterocycles. The van der Waals surface area contributed by atoms with Crippen LogP contribution in [-0.4, -0.2) is 19.7 Å². The van der Waals surface area contributed by atoms with Crippen LogP contribution in [0.4, 0.5) is 16.2 Å². The van der Waals surface area contributed by atoms with Gasteiger partial charge in [0.05, 0.1) is 12.8 Å². The summed E-state index contributed by atoms with van der Waals surface area (Å²) in [7, 11) is 1.63. The van der Waals surface area contributed by atoms with Gasteiger partial charge in [-0.05, 0) is 42.3 Å². The first-order valence-electron chi connectivity index (χ1n) is 6.68. The van der Waals surface area contributed by atoms with E-state index in [9.17, 15) is 4.79 Å². The average molecular weight is 347 g/mol. The second kappa shape index (κ2) is 5.77. The summed E-state index contributed by atoms with van der Waals surface area (Å²) in [5.41, 5.74) is 2.87. The van der Waals surface area contributed by atoms with Crippen LogP contribution in [0.2, 0.25) is 0 Å². The Morgan fingerprint density at radius 2 is 2.00 bits per heavy atom. The van der Waals surface area contributed by atoms with Crippen molar-refractivity contribution in [1.82, 2.24) is 0 Å². The second-order valence-corrected chi connectivity index (χ2v) is 5.75. The molecule has 21 heavy (non-hydrogen) atoms. The van der Waals surface area contributed by atoms with E-state index in [1.165, 1.54) is 5.56 Å². The number of halogens is 1. The molecule has 0 aromatic heterocycles. The predicted molar refractivity (Wildman–Crippen MR) is 87.2 cm³/mol. The maximum atomic E-state index is 12.4. The lowest BCUT2D eigenvalue weighted by Gasteiger charge is -2.18. The van der Waals surface area contributed by atoms with Gasteiger partial charge in [0.15, 0.2) is 0 Å². The van der Waals surface area contributed by atoms with E-state index >= 15 is 0 Å². The van der Waals surface area contributed by atoms with Crippen LogP contribution in [0.1, 0.15) is 5.56 Å². The lowest BCUT2D eigenvalue weighted by Crippen LogP contribution is -2.33. The third-order valence-electron chi connectivity index (χ3n) is 3.53. The second-order valence-electron chi connectivity index (χ2n) is 4.83. The van der Waals surface area contributed by atoms with Crippen LogP contribution in [0.5, 0.6) is 5.75 Å². The lowest BCUT2D eigenvalue weighted by atomic mass is 10.1. The molecule has 3 rings (SSSR count). The number of rotatable bonds is 2. The average Bonchev–Trinajstić information content (AvgIpc) is 2.92. The molecule has 1 aliphatic rings. The number of nitrogens with zero attached hydrogens (tertiary/aromatic N) is 1. The van der Waals surface area contributed by atoms with Crippen molar-refractivity contribution in [3.05, 3.63) is 52.5 Å². The van der Waals surface area contributed by atoms with Gasteiger partial charge in [-0.3, -0.25) is 4.90 Å². The van der Waals surface area contributed by atoms with Crippen LogP contribution in [0.3, 0.4) is 0 Å². The summed E-state index contributed by atoms with van der Waals surface area (Å²) in [6, 6.07) is 13.3. The molecule has 0 radical (unpaired) electrons. The standard InChI is InChI=1S/C16H15BrN2O2/c1-21-14-7-2-11-8-9-19(15(11)10-14)16(20)18-13-5-3-12(17)4-6-13/h2-7,10H,8-9H2,1H3,(H,18,20). The van der Waals surface area contributed by atoms with Gasteiger partial charge < -0.3 is 10.1 Å². The van der Waals surface area contributed by atoms with Gasteiger partial charge in [-0.1, -0.05) is 22.0 Å². The fourth-order valence-corrected chi connectivity index (χ4v) is 2.69. The Morgan fingerprint density at radius 3 is 2.71 bits per heavy atom. The van der Waals surface area contributed by atoms with E-state index < -0.39 is 0 Å². The molecule has 1 N–H and O–H groups in total. The van der Waals surface area contributed by atoms with E-state index in [4.69, 9.17) is 4.74 Å². The molecular weight excluding hydrogens is 332 g/mol. The molecule has 2 aromatic carbocycles. The summed E-state index contributed by atoms with van der Waals surface area (Å²) in [6.45, 7) is 0.685. The number of ether oxygens (including phenoxy) is 1. The van der Waals surface area contributed by atoms with E-state index in [1.54, 1.807) is 12.0 Å². The maximum absolute atomic E-state index is 12.4. The van der Waals surface area contributed by atoms with Crippen LogP contribution in [0.15, 0.2) is 46.9 Å². The van der Waals surface area contributed by atoms with Crippen molar-refractivity contribution in [2.45, 2.75) is 6.42 Å². The molecule has 0 saturated heterocycles. The molecule has 0 unspecified atom stereocenters. The SMILES string of the molecule is COc1ccc2c(c1)N(C(=O)Nc1ccc(Br)cc1)CC2. The monoisotopic (exact) mass is 346 g/mol. The number of hydrogen-bond acceptors (Lipinski definition) is 2. The number of carbonyl (C=O) groups is 1. The molecule has 0 spiro atoms. The van der Waals surface area contributed by atoms with Crippen molar-refractivity contribution in [1.29, 1.82) is 0 Å². The minimum atomic E-state index is -0.121. The molecule has 2 aromatic rings. The lowest BCUT2D eigenvalue weighted by molar-refractivity contribution is 0.257. The third kappa shape index (κ3) is 2.88. The van der Waals surface area contributed by atoms with Gasteiger partial charge >= 0.3 is 6.03 Å². The van der Waals surface area contributed by atoms with Gasteiger partial charge in [0.1, 0.15) is 5.75 Å². The predicted octanol–water partition coefficient (Wildman–Crippen LogP) is 4.05. The summed E-state index contributed by atoms with van der Waals surface area (Å²) >= 11 is 3.38. The van der Waals surface area contributed by atoms with Crippen LogP contribution in [-0.2, 0) is 6.42 Å². The number of nitrogens with one attached hydrogen (secondary N) is 1. The van der Waals surface area contributed by atoms with E-state index in [0.29, 0.717) is 6.54 Å². The first kappa shape index (κ1) is 13.9. The minimum Gasteiger partial charge on any atom is -0.497 e. The molecule has 0 bridgehead atoms. The normalized spacial score (nSPS) is 13.0. The number of amides is 2. The number of anilines is 2. The number of benzene rings is 2. The van der Waals surface area contributed by atoms with Crippen LogP contribution >= 0.6 is 15.9 Å². The Balaban J connectivity index is 1.79. The highest BCUT2D eigenvalue weighted by Gasteiger charge is 2.25. The Hall–Kier alpha value is -2.01. The number of hydrogen-bond donors (Lipinski definition) is 1. The number of urea groups is 1. The van der Waals surface area contributed by atoms with Crippen LogP contribution in [0.25, 0.3) is 0 Å². The van der Waals surface area contributed by atoms with Crippen molar-refractivity contribution in [3.8, 4) is 5.75 Å². The molecular formula is C16H15BrN2O2.